The Balaban J connectivity index is 1.59. The minimum absolute atomic E-state index is 0.0542. The highest BCUT2D eigenvalue weighted by molar-refractivity contribution is 4.93. The Morgan fingerprint density at radius 2 is 2.00 bits per heavy atom. The van der Waals surface area contributed by atoms with Gasteiger partial charge in [0, 0.05) is 31.7 Å². The molecule has 3 fully saturated rings. The van der Waals surface area contributed by atoms with E-state index in [1.165, 1.54) is 32.4 Å². The Hall–Kier alpha value is -0.120. The normalized spacial score (nSPS) is 44.1. The second kappa shape index (κ2) is 4.28. The highest BCUT2D eigenvalue weighted by Gasteiger charge is 2.41. The van der Waals surface area contributed by atoms with E-state index in [0.717, 1.165) is 38.0 Å². The molecule has 0 aromatic heterocycles. The van der Waals surface area contributed by atoms with E-state index in [2.05, 4.69) is 4.90 Å². The lowest BCUT2D eigenvalue weighted by atomic mass is 9.88. The number of aliphatic hydroxyl groups is 1. The number of ether oxygens (including phenoxy) is 1. The minimum atomic E-state index is 0.0542. The maximum absolute atomic E-state index is 9.57. The minimum Gasteiger partial charge on any atom is -0.396 e. The van der Waals surface area contributed by atoms with Gasteiger partial charge in [-0.2, -0.15) is 0 Å². The van der Waals surface area contributed by atoms with Crippen molar-refractivity contribution in [1.29, 1.82) is 0 Å². The van der Waals surface area contributed by atoms with E-state index >= 15 is 0 Å². The molecule has 3 atom stereocenters. The molecule has 0 aromatic rings. The quantitative estimate of drug-likeness (QED) is 0.781. The lowest BCUT2D eigenvalue weighted by molar-refractivity contribution is 0.0616. The number of rotatable bonds is 3. The molecule has 2 saturated heterocycles. The molecule has 2 heterocycles. The summed E-state index contributed by atoms with van der Waals surface area (Å²) < 4.78 is 5.47. The summed E-state index contributed by atoms with van der Waals surface area (Å²) in [7, 11) is 0. The molecule has 3 heteroatoms. The van der Waals surface area contributed by atoms with E-state index in [1.807, 2.05) is 0 Å². The van der Waals surface area contributed by atoms with Gasteiger partial charge >= 0.3 is 0 Å². The summed E-state index contributed by atoms with van der Waals surface area (Å²) in [6, 6.07) is 0. The van der Waals surface area contributed by atoms with Gasteiger partial charge in [-0.3, -0.25) is 0 Å². The fraction of sp³-hybridized carbons (Fsp3) is 1.00. The molecule has 3 unspecified atom stereocenters. The summed E-state index contributed by atoms with van der Waals surface area (Å²) >= 11 is 0. The molecule has 1 N–H and O–H groups in total. The first-order valence-corrected chi connectivity index (χ1v) is 6.72. The third-order valence-corrected chi connectivity index (χ3v) is 4.88. The fourth-order valence-corrected chi connectivity index (χ4v) is 3.88. The molecule has 3 rings (SSSR count). The van der Waals surface area contributed by atoms with Crippen molar-refractivity contribution in [3.05, 3.63) is 0 Å². The van der Waals surface area contributed by atoms with Crippen LogP contribution < -0.4 is 0 Å². The van der Waals surface area contributed by atoms with Crippen LogP contribution in [0.3, 0.4) is 0 Å². The van der Waals surface area contributed by atoms with Gasteiger partial charge in [-0.15, -0.1) is 0 Å². The Kier molecular flexibility index (Phi) is 2.94. The summed E-state index contributed by atoms with van der Waals surface area (Å²) in [6.45, 7) is 5.48. The second-order valence-electron chi connectivity index (χ2n) is 6.11. The van der Waals surface area contributed by atoms with Gasteiger partial charge in [-0.05, 0) is 31.1 Å². The van der Waals surface area contributed by atoms with Crippen LogP contribution in [-0.4, -0.2) is 49.5 Å². The lowest BCUT2D eigenvalue weighted by Crippen LogP contribution is -2.40. The van der Waals surface area contributed by atoms with E-state index in [-0.39, 0.29) is 5.41 Å². The molecule has 2 aliphatic heterocycles. The molecule has 3 nitrogen and oxygen atoms in total. The standard InChI is InChI=1S/C13H23NO2/c15-9-13(4-5-16-10-13)8-14-6-11-2-1-3-12(11)7-14/h11-12,15H,1-10H2. The number of nitrogens with zero attached hydrogens (tertiary/aromatic N) is 1. The van der Waals surface area contributed by atoms with E-state index in [0.29, 0.717) is 6.61 Å². The van der Waals surface area contributed by atoms with Gasteiger partial charge in [-0.25, -0.2) is 0 Å². The van der Waals surface area contributed by atoms with Crippen molar-refractivity contribution in [1.82, 2.24) is 4.90 Å². The van der Waals surface area contributed by atoms with Crippen molar-refractivity contribution in [3.8, 4) is 0 Å². The Bertz CT molecular complexity index is 238. The second-order valence-corrected chi connectivity index (χ2v) is 6.11. The molecule has 1 saturated carbocycles. The molecule has 1 aliphatic carbocycles. The monoisotopic (exact) mass is 225 g/mol. The maximum Gasteiger partial charge on any atom is 0.0557 e. The molecular formula is C13H23NO2. The fourth-order valence-electron chi connectivity index (χ4n) is 3.88. The van der Waals surface area contributed by atoms with Crippen molar-refractivity contribution in [2.75, 3.05) is 39.5 Å². The number of fused-ring (bicyclic) bond motifs is 1. The first-order chi connectivity index (χ1) is 7.81. The summed E-state index contributed by atoms with van der Waals surface area (Å²) in [5.74, 6) is 1.91. The third-order valence-electron chi connectivity index (χ3n) is 4.88. The molecule has 0 amide bonds. The molecule has 92 valence electrons. The van der Waals surface area contributed by atoms with Crippen LogP contribution in [0.25, 0.3) is 0 Å². The van der Waals surface area contributed by atoms with Crippen molar-refractivity contribution in [2.24, 2.45) is 17.3 Å². The Morgan fingerprint density at radius 3 is 2.56 bits per heavy atom. The van der Waals surface area contributed by atoms with E-state index in [1.54, 1.807) is 0 Å². The molecule has 0 aromatic carbocycles. The topological polar surface area (TPSA) is 32.7 Å². The van der Waals surface area contributed by atoms with Gasteiger partial charge in [0.2, 0.25) is 0 Å². The van der Waals surface area contributed by atoms with Gasteiger partial charge in [0.25, 0.3) is 0 Å². The maximum atomic E-state index is 9.57. The summed E-state index contributed by atoms with van der Waals surface area (Å²) in [5, 5.41) is 9.57. The van der Waals surface area contributed by atoms with Crippen LogP contribution in [-0.2, 0) is 4.74 Å². The molecule has 3 aliphatic rings. The van der Waals surface area contributed by atoms with Gasteiger partial charge in [0.1, 0.15) is 0 Å². The number of hydrogen-bond donors (Lipinski definition) is 1. The van der Waals surface area contributed by atoms with Gasteiger partial charge < -0.3 is 14.7 Å². The van der Waals surface area contributed by atoms with Crippen LogP contribution in [0.5, 0.6) is 0 Å². The van der Waals surface area contributed by atoms with Crippen LogP contribution >= 0.6 is 0 Å². The van der Waals surface area contributed by atoms with Gasteiger partial charge in [0.05, 0.1) is 13.2 Å². The largest absolute Gasteiger partial charge is 0.396 e. The summed E-state index contributed by atoms with van der Waals surface area (Å²) in [5.41, 5.74) is 0.0542. The zero-order valence-electron chi connectivity index (χ0n) is 10.0. The number of aliphatic hydroxyl groups excluding tert-OH is 1. The van der Waals surface area contributed by atoms with Crippen molar-refractivity contribution in [2.45, 2.75) is 25.7 Å². The van der Waals surface area contributed by atoms with Crippen molar-refractivity contribution in [3.63, 3.8) is 0 Å². The zero-order valence-corrected chi connectivity index (χ0v) is 10.0. The van der Waals surface area contributed by atoms with Crippen LogP contribution in [0.15, 0.2) is 0 Å². The average Bonchev–Trinajstić information content (AvgIpc) is 2.93. The van der Waals surface area contributed by atoms with E-state index in [9.17, 15) is 5.11 Å². The highest BCUT2D eigenvalue weighted by atomic mass is 16.5. The van der Waals surface area contributed by atoms with Crippen LogP contribution in [0.2, 0.25) is 0 Å². The van der Waals surface area contributed by atoms with Crippen LogP contribution in [0, 0.1) is 17.3 Å². The average molecular weight is 225 g/mol. The summed E-state index contributed by atoms with van der Waals surface area (Å²) in [6.07, 6.45) is 5.35. The SMILES string of the molecule is OCC1(CN2CC3CCCC3C2)CCOC1. The molecule has 0 bridgehead atoms. The Labute approximate surface area is 97.8 Å². The molecule has 0 spiro atoms. The van der Waals surface area contributed by atoms with Crippen molar-refractivity contribution >= 4 is 0 Å². The number of hydrogen-bond acceptors (Lipinski definition) is 3. The number of likely N-dealkylation sites (tertiary alicyclic amines) is 1. The summed E-state index contributed by atoms with van der Waals surface area (Å²) in [4.78, 5) is 2.58. The van der Waals surface area contributed by atoms with E-state index < -0.39 is 0 Å². The molecule has 16 heavy (non-hydrogen) atoms. The first kappa shape index (κ1) is 11.0. The molecule has 0 radical (unpaired) electrons. The zero-order chi connectivity index (χ0) is 11.0. The predicted octanol–water partition coefficient (Wildman–Crippen LogP) is 1.12. The van der Waals surface area contributed by atoms with Crippen LogP contribution in [0.4, 0.5) is 0 Å². The van der Waals surface area contributed by atoms with Gasteiger partial charge in [-0.1, -0.05) is 6.42 Å². The van der Waals surface area contributed by atoms with E-state index in [4.69, 9.17) is 4.74 Å². The third kappa shape index (κ3) is 1.89. The smallest absolute Gasteiger partial charge is 0.0557 e. The Morgan fingerprint density at radius 1 is 1.25 bits per heavy atom. The van der Waals surface area contributed by atoms with Crippen molar-refractivity contribution < 1.29 is 9.84 Å². The lowest BCUT2D eigenvalue weighted by Gasteiger charge is -2.30. The van der Waals surface area contributed by atoms with Gasteiger partial charge in [0.15, 0.2) is 0 Å². The van der Waals surface area contributed by atoms with Crippen LogP contribution in [0.1, 0.15) is 25.7 Å². The first-order valence-electron chi connectivity index (χ1n) is 6.72. The predicted molar refractivity (Wildman–Crippen MR) is 62.2 cm³/mol. The molecular weight excluding hydrogens is 202 g/mol. The highest BCUT2D eigenvalue weighted by Crippen LogP contribution is 2.39.